The molecule has 0 bridgehead atoms. The molecule has 2 N–H and O–H groups in total. The van der Waals surface area contributed by atoms with Gasteiger partial charge in [0, 0.05) is 18.8 Å². The van der Waals surface area contributed by atoms with Crippen LogP contribution >= 0.6 is 0 Å². The van der Waals surface area contributed by atoms with Gasteiger partial charge in [0.25, 0.3) is 0 Å². The Kier molecular flexibility index (Phi) is 3.03. The van der Waals surface area contributed by atoms with Crippen LogP contribution in [0.5, 0.6) is 0 Å². The lowest BCUT2D eigenvalue weighted by Gasteiger charge is -2.26. The van der Waals surface area contributed by atoms with Gasteiger partial charge in [-0.2, -0.15) is 0 Å². The van der Waals surface area contributed by atoms with Crippen molar-refractivity contribution < 1.29 is 0 Å². The number of fused-ring (bicyclic) bond motifs is 1. The molecule has 0 fully saturated rings. The normalized spacial score (nSPS) is 20.3. The second-order valence-electron chi connectivity index (χ2n) is 5.74. The Morgan fingerprint density at radius 3 is 2.94 bits per heavy atom. The monoisotopic (exact) mass is 219 g/mol. The largest absolute Gasteiger partial charge is 0.382 e. The molecular weight excluding hydrogens is 198 g/mol. The van der Waals surface area contributed by atoms with E-state index in [1.807, 2.05) is 18.5 Å². The van der Waals surface area contributed by atoms with Gasteiger partial charge >= 0.3 is 0 Å². The Bertz CT molecular complexity index is 354. The fourth-order valence-corrected chi connectivity index (χ4v) is 2.23. The summed E-state index contributed by atoms with van der Waals surface area (Å²) in [6.07, 6.45) is 6.08. The molecule has 88 valence electrons. The number of rotatable bonds is 1. The molecule has 16 heavy (non-hydrogen) atoms. The Balaban J connectivity index is 2.11. The zero-order chi connectivity index (χ0) is 11.6. The molecule has 0 aliphatic carbocycles. The second-order valence-corrected chi connectivity index (χ2v) is 5.74. The molecule has 0 radical (unpaired) electrons. The number of hydrogen-bond donors (Lipinski definition) is 2. The van der Waals surface area contributed by atoms with Crippen molar-refractivity contribution >= 4 is 11.4 Å². The van der Waals surface area contributed by atoms with Gasteiger partial charge in [-0.05, 0) is 24.3 Å². The van der Waals surface area contributed by atoms with Crippen LogP contribution in [-0.4, -0.2) is 17.6 Å². The van der Waals surface area contributed by atoms with Gasteiger partial charge in [0.15, 0.2) is 0 Å². The Hall–Kier alpha value is -1.25. The Labute approximate surface area is 97.7 Å². The first-order valence-corrected chi connectivity index (χ1v) is 5.99. The zero-order valence-corrected chi connectivity index (χ0v) is 10.4. The van der Waals surface area contributed by atoms with Gasteiger partial charge in [-0.15, -0.1) is 0 Å². The highest BCUT2D eigenvalue weighted by Gasteiger charge is 2.21. The summed E-state index contributed by atoms with van der Waals surface area (Å²) in [6.45, 7) is 7.90. The number of nitrogens with one attached hydrogen (secondary N) is 2. The fraction of sp³-hybridized carbons (Fsp3) is 0.615. The van der Waals surface area contributed by atoms with Crippen molar-refractivity contribution in [1.82, 2.24) is 4.98 Å². The van der Waals surface area contributed by atoms with Crippen molar-refractivity contribution in [2.75, 3.05) is 17.2 Å². The molecule has 1 aromatic heterocycles. The molecule has 1 aliphatic heterocycles. The third-order valence-corrected chi connectivity index (χ3v) is 2.85. The number of aromatic nitrogens is 1. The van der Waals surface area contributed by atoms with Crippen molar-refractivity contribution in [2.24, 2.45) is 5.41 Å². The SMILES string of the molecule is CC(C)(C)CC1CCNc2cnccc2N1. The molecule has 3 heteroatoms. The summed E-state index contributed by atoms with van der Waals surface area (Å²) >= 11 is 0. The Morgan fingerprint density at radius 1 is 1.38 bits per heavy atom. The van der Waals surface area contributed by atoms with E-state index in [-0.39, 0.29) is 0 Å². The van der Waals surface area contributed by atoms with E-state index in [1.165, 1.54) is 12.1 Å². The third kappa shape index (κ3) is 2.87. The summed E-state index contributed by atoms with van der Waals surface area (Å²) in [5.41, 5.74) is 2.68. The van der Waals surface area contributed by atoms with Crippen molar-refractivity contribution in [1.29, 1.82) is 0 Å². The van der Waals surface area contributed by atoms with E-state index < -0.39 is 0 Å². The predicted molar refractivity (Wildman–Crippen MR) is 68.8 cm³/mol. The average Bonchev–Trinajstić information content (AvgIpc) is 2.36. The number of anilines is 2. The van der Waals surface area contributed by atoms with Crippen LogP contribution in [0.3, 0.4) is 0 Å². The highest BCUT2D eigenvalue weighted by Crippen LogP contribution is 2.29. The summed E-state index contributed by atoms with van der Waals surface area (Å²) in [5.74, 6) is 0. The van der Waals surface area contributed by atoms with Gasteiger partial charge in [0.2, 0.25) is 0 Å². The van der Waals surface area contributed by atoms with Gasteiger partial charge in [-0.1, -0.05) is 20.8 Å². The van der Waals surface area contributed by atoms with E-state index in [4.69, 9.17) is 0 Å². The van der Waals surface area contributed by atoms with Crippen LogP contribution in [-0.2, 0) is 0 Å². The van der Waals surface area contributed by atoms with Crippen LogP contribution < -0.4 is 10.6 Å². The standard InChI is InChI=1S/C13H21N3/c1-13(2,3)8-10-4-7-15-12-9-14-6-5-11(12)16-10/h5-6,9-10,15-16H,4,7-8H2,1-3H3. The molecule has 2 rings (SSSR count). The van der Waals surface area contributed by atoms with Gasteiger partial charge in [0.1, 0.15) is 0 Å². The highest BCUT2D eigenvalue weighted by atomic mass is 15.0. The maximum atomic E-state index is 4.14. The van der Waals surface area contributed by atoms with E-state index in [1.54, 1.807) is 0 Å². The quantitative estimate of drug-likeness (QED) is 0.762. The molecule has 0 saturated heterocycles. The van der Waals surface area contributed by atoms with Crippen LogP contribution in [0, 0.1) is 5.41 Å². The molecule has 1 unspecified atom stereocenters. The minimum atomic E-state index is 0.370. The van der Waals surface area contributed by atoms with Gasteiger partial charge in [0.05, 0.1) is 17.6 Å². The lowest BCUT2D eigenvalue weighted by molar-refractivity contribution is 0.345. The van der Waals surface area contributed by atoms with Crippen LogP contribution in [0.2, 0.25) is 0 Å². The van der Waals surface area contributed by atoms with E-state index in [2.05, 4.69) is 36.4 Å². The Morgan fingerprint density at radius 2 is 2.19 bits per heavy atom. The first-order chi connectivity index (χ1) is 7.54. The summed E-state index contributed by atoms with van der Waals surface area (Å²) in [6, 6.07) is 2.60. The summed E-state index contributed by atoms with van der Waals surface area (Å²) in [5, 5.41) is 7.03. The lowest BCUT2D eigenvalue weighted by atomic mass is 9.87. The molecule has 2 heterocycles. The highest BCUT2D eigenvalue weighted by molar-refractivity contribution is 5.68. The maximum absolute atomic E-state index is 4.14. The minimum absolute atomic E-state index is 0.370. The summed E-state index contributed by atoms with van der Waals surface area (Å²) in [7, 11) is 0. The molecular formula is C13H21N3. The second kappa shape index (κ2) is 4.32. The summed E-state index contributed by atoms with van der Waals surface area (Å²) < 4.78 is 0. The summed E-state index contributed by atoms with van der Waals surface area (Å²) in [4.78, 5) is 4.14. The van der Waals surface area contributed by atoms with Crippen LogP contribution in [0.25, 0.3) is 0 Å². The van der Waals surface area contributed by atoms with Crippen LogP contribution in [0.15, 0.2) is 18.5 Å². The number of nitrogens with zero attached hydrogens (tertiary/aromatic N) is 1. The molecule has 1 aliphatic rings. The average molecular weight is 219 g/mol. The molecule has 0 spiro atoms. The van der Waals surface area contributed by atoms with Crippen LogP contribution in [0.4, 0.5) is 11.4 Å². The van der Waals surface area contributed by atoms with E-state index >= 15 is 0 Å². The van der Waals surface area contributed by atoms with E-state index in [0.717, 1.165) is 18.7 Å². The smallest absolute Gasteiger partial charge is 0.0762 e. The molecule has 0 amide bonds. The van der Waals surface area contributed by atoms with Gasteiger partial charge < -0.3 is 10.6 Å². The predicted octanol–water partition coefficient (Wildman–Crippen LogP) is 3.11. The first-order valence-electron chi connectivity index (χ1n) is 5.99. The van der Waals surface area contributed by atoms with E-state index in [0.29, 0.717) is 11.5 Å². The zero-order valence-electron chi connectivity index (χ0n) is 10.4. The number of pyridine rings is 1. The topological polar surface area (TPSA) is 37.0 Å². The lowest BCUT2D eigenvalue weighted by Crippen LogP contribution is -2.25. The molecule has 0 saturated carbocycles. The van der Waals surface area contributed by atoms with Crippen LogP contribution in [0.1, 0.15) is 33.6 Å². The van der Waals surface area contributed by atoms with Crippen molar-refractivity contribution in [3.8, 4) is 0 Å². The first kappa shape index (κ1) is 11.2. The molecule has 3 nitrogen and oxygen atoms in total. The maximum Gasteiger partial charge on any atom is 0.0762 e. The van der Waals surface area contributed by atoms with Crippen molar-refractivity contribution in [3.63, 3.8) is 0 Å². The molecule has 1 atom stereocenters. The van der Waals surface area contributed by atoms with Crippen molar-refractivity contribution in [3.05, 3.63) is 18.5 Å². The number of hydrogen-bond acceptors (Lipinski definition) is 3. The van der Waals surface area contributed by atoms with E-state index in [9.17, 15) is 0 Å². The minimum Gasteiger partial charge on any atom is -0.382 e. The molecule has 1 aromatic rings. The van der Waals surface area contributed by atoms with Gasteiger partial charge in [-0.3, -0.25) is 4.98 Å². The third-order valence-electron chi connectivity index (χ3n) is 2.85. The van der Waals surface area contributed by atoms with Gasteiger partial charge in [-0.25, -0.2) is 0 Å². The van der Waals surface area contributed by atoms with Crippen molar-refractivity contribution in [2.45, 2.75) is 39.7 Å². The fourth-order valence-electron chi connectivity index (χ4n) is 2.23. The molecule has 0 aromatic carbocycles.